The van der Waals surface area contributed by atoms with Crippen molar-refractivity contribution in [3.63, 3.8) is 0 Å². The summed E-state index contributed by atoms with van der Waals surface area (Å²) in [5.41, 5.74) is 5.11. The van der Waals surface area contributed by atoms with Crippen LogP contribution in [0.5, 0.6) is 0 Å². The molecule has 1 aliphatic rings. The third kappa shape index (κ3) is 2.09. The summed E-state index contributed by atoms with van der Waals surface area (Å²) in [6.45, 7) is 4.18. The highest BCUT2D eigenvalue weighted by molar-refractivity contribution is 6.18. The first-order valence-electron chi connectivity index (χ1n) is 5.71. The van der Waals surface area contributed by atoms with Gasteiger partial charge in [0.05, 0.1) is 17.1 Å². The van der Waals surface area contributed by atoms with E-state index in [1.165, 1.54) is 0 Å². The monoisotopic (exact) mass is 270 g/mol. The Morgan fingerprint density at radius 1 is 1.50 bits per heavy atom. The van der Waals surface area contributed by atoms with Gasteiger partial charge in [-0.25, -0.2) is 0 Å². The average Bonchev–Trinajstić information content (AvgIpc) is 2.81. The number of benzene rings is 1. The second kappa shape index (κ2) is 4.84. The minimum atomic E-state index is -0.439. The largest absolute Gasteiger partial charge is 0.301 e. The zero-order valence-corrected chi connectivity index (χ0v) is 11.1. The lowest BCUT2D eigenvalue weighted by Crippen LogP contribution is -2.38. The van der Waals surface area contributed by atoms with Crippen molar-refractivity contribution in [2.45, 2.75) is 25.8 Å². The Morgan fingerprint density at radius 3 is 2.72 bits per heavy atom. The normalized spacial score (nSPS) is 23.3. The van der Waals surface area contributed by atoms with Gasteiger partial charge in [0.25, 0.3) is 5.69 Å². The van der Waals surface area contributed by atoms with Gasteiger partial charge < -0.3 is 4.84 Å². The summed E-state index contributed by atoms with van der Waals surface area (Å²) in [6.07, 6.45) is 0.759. The molecule has 1 fully saturated rings. The number of nitro groups is 1. The van der Waals surface area contributed by atoms with Gasteiger partial charge in [0.1, 0.15) is 0 Å². The molecular formula is C12H15ClN2O3. The van der Waals surface area contributed by atoms with E-state index in [1.807, 2.05) is 13.0 Å². The summed E-state index contributed by atoms with van der Waals surface area (Å²) < 4.78 is 0. The van der Waals surface area contributed by atoms with E-state index in [9.17, 15) is 10.1 Å². The van der Waals surface area contributed by atoms with E-state index < -0.39 is 5.54 Å². The first-order chi connectivity index (χ1) is 8.50. The summed E-state index contributed by atoms with van der Waals surface area (Å²) in [7, 11) is 0. The molecule has 1 aromatic rings. The van der Waals surface area contributed by atoms with E-state index in [0.717, 1.165) is 17.5 Å². The van der Waals surface area contributed by atoms with Gasteiger partial charge >= 0.3 is 0 Å². The van der Waals surface area contributed by atoms with Crippen molar-refractivity contribution < 1.29 is 9.76 Å². The molecule has 0 spiro atoms. The summed E-state index contributed by atoms with van der Waals surface area (Å²) in [5, 5.41) is 10.9. The SMILES string of the molecule is Cc1cc(C2(CCl)CCON2)c(C)cc1[N+](=O)[O-]. The molecule has 1 heterocycles. The van der Waals surface area contributed by atoms with E-state index in [4.69, 9.17) is 16.4 Å². The number of aryl methyl sites for hydroxylation is 2. The molecule has 1 N–H and O–H groups in total. The van der Waals surface area contributed by atoms with Gasteiger partial charge in [0.15, 0.2) is 0 Å². The fourth-order valence-corrected chi connectivity index (χ4v) is 2.67. The van der Waals surface area contributed by atoms with Crippen LogP contribution in [0.4, 0.5) is 5.69 Å². The number of nitro benzene ring substituents is 1. The minimum absolute atomic E-state index is 0.139. The van der Waals surface area contributed by atoms with E-state index in [-0.39, 0.29) is 10.6 Å². The standard InChI is InChI=1S/C12H15ClN2O3/c1-8-6-11(15(16)17)9(2)5-10(8)12(7-13)3-4-18-14-12/h5-6,14H,3-4,7H2,1-2H3. The molecule has 1 aromatic carbocycles. The molecule has 0 aromatic heterocycles. The lowest BCUT2D eigenvalue weighted by molar-refractivity contribution is -0.385. The van der Waals surface area contributed by atoms with Gasteiger partial charge in [-0.3, -0.25) is 10.1 Å². The molecule has 2 rings (SSSR count). The van der Waals surface area contributed by atoms with Crippen LogP contribution < -0.4 is 5.48 Å². The maximum absolute atomic E-state index is 10.9. The predicted molar refractivity (Wildman–Crippen MR) is 68.7 cm³/mol. The molecule has 18 heavy (non-hydrogen) atoms. The number of rotatable bonds is 3. The molecule has 6 heteroatoms. The Labute approximate surface area is 110 Å². The van der Waals surface area contributed by atoms with Gasteiger partial charge in [-0.1, -0.05) is 0 Å². The van der Waals surface area contributed by atoms with Crippen molar-refractivity contribution in [2.75, 3.05) is 12.5 Å². The summed E-state index contributed by atoms with van der Waals surface area (Å²) in [4.78, 5) is 15.7. The van der Waals surface area contributed by atoms with E-state index in [2.05, 4.69) is 5.48 Å². The smallest absolute Gasteiger partial charge is 0.272 e. The third-order valence-corrected chi connectivity index (χ3v) is 3.84. The van der Waals surface area contributed by atoms with Gasteiger partial charge in [0.2, 0.25) is 0 Å². The molecule has 98 valence electrons. The van der Waals surface area contributed by atoms with Crippen molar-refractivity contribution in [1.29, 1.82) is 0 Å². The molecule has 0 radical (unpaired) electrons. The summed E-state index contributed by atoms with van der Waals surface area (Å²) >= 11 is 6.05. The van der Waals surface area contributed by atoms with Crippen molar-refractivity contribution in [2.24, 2.45) is 0 Å². The van der Waals surface area contributed by atoms with Crippen molar-refractivity contribution >= 4 is 17.3 Å². The van der Waals surface area contributed by atoms with E-state index >= 15 is 0 Å². The van der Waals surface area contributed by atoms with Crippen molar-refractivity contribution in [3.05, 3.63) is 38.9 Å². The predicted octanol–water partition coefficient (Wildman–Crippen LogP) is 2.57. The van der Waals surface area contributed by atoms with E-state index in [1.54, 1.807) is 13.0 Å². The van der Waals surface area contributed by atoms with Crippen LogP contribution in [0, 0.1) is 24.0 Å². The number of nitrogens with zero attached hydrogens (tertiary/aromatic N) is 1. The van der Waals surface area contributed by atoms with Crippen LogP contribution in [0.1, 0.15) is 23.1 Å². The molecule has 0 amide bonds. The average molecular weight is 271 g/mol. The lowest BCUT2D eigenvalue weighted by atomic mass is 9.85. The van der Waals surface area contributed by atoms with Crippen LogP contribution in [-0.4, -0.2) is 17.4 Å². The van der Waals surface area contributed by atoms with Crippen LogP contribution in [0.15, 0.2) is 12.1 Å². The molecule has 1 saturated heterocycles. The highest BCUT2D eigenvalue weighted by Crippen LogP contribution is 2.35. The Balaban J connectivity index is 2.52. The van der Waals surface area contributed by atoms with Crippen LogP contribution in [0.2, 0.25) is 0 Å². The Morgan fingerprint density at radius 2 is 2.22 bits per heavy atom. The van der Waals surface area contributed by atoms with Gasteiger partial charge in [0, 0.05) is 17.5 Å². The molecule has 1 unspecified atom stereocenters. The number of alkyl halides is 1. The van der Waals surface area contributed by atoms with Crippen LogP contribution in [0.3, 0.4) is 0 Å². The number of hydrogen-bond acceptors (Lipinski definition) is 4. The zero-order chi connectivity index (χ0) is 13.3. The Kier molecular flexibility index (Phi) is 3.56. The van der Waals surface area contributed by atoms with Crippen molar-refractivity contribution in [3.8, 4) is 0 Å². The molecule has 1 aliphatic heterocycles. The quantitative estimate of drug-likeness (QED) is 0.521. The second-order valence-electron chi connectivity index (χ2n) is 4.63. The number of hydroxylamine groups is 1. The molecule has 1 atom stereocenters. The number of nitrogens with one attached hydrogen (secondary N) is 1. The Bertz CT molecular complexity index is 484. The first-order valence-corrected chi connectivity index (χ1v) is 6.25. The molecule has 0 bridgehead atoms. The van der Waals surface area contributed by atoms with Crippen LogP contribution >= 0.6 is 11.6 Å². The fourth-order valence-electron chi connectivity index (χ4n) is 2.33. The van der Waals surface area contributed by atoms with Gasteiger partial charge in [-0.2, -0.15) is 5.48 Å². The Hall–Kier alpha value is -1.17. The molecule has 5 nitrogen and oxygen atoms in total. The topological polar surface area (TPSA) is 64.4 Å². The minimum Gasteiger partial charge on any atom is -0.301 e. The molecule has 0 aliphatic carbocycles. The highest BCUT2D eigenvalue weighted by Gasteiger charge is 2.37. The second-order valence-corrected chi connectivity index (χ2v) is 4.89. The third-order valence-electron chi connectivity index (χ3n) is 3.38. The zero-order valence-electron chi connectivity index (χ0n) is 10.3. The van der Waals surface area contributed by atoms with E-state index in [0.29, 0.717) is 18.1 Å². The maximum atomic E-state index is 10.9. The van der Waals surface area contributed by atoms with Gasteiger partial charge in [-0.15, -0.1) is 11.6 Å². The summed E-state index contributed by atoms with van der Waals surface area (Å²) in [6, 6.07) is 3.43. The number of hydrogen-bond donors (Lipinski definition) is 1. The molecular weight excluding hydrogens is 256 g/mol. The maximum Gasteiger partial charge on any atom is 0.272 e. The number of halogens is 1. The van der Waals surface area contributed by atoms with Crippen molar-refractivity contribution in [1.82, 2.24) is 5.48 Å². The summed E-state index contributed by atoms with van der Waals surface area (Å²) in [5.74, 6) is 0.366. The fraction of sp³-hybridized carbons (Fsp3) is 0.500. The van der Waals surface area contributed by atoms with Crippen LogP contribution in [-0.2, 0) is 10.4 Å². The lowest BCUT2D eigenvalue weighted by Gasteiger charge is -2.27. The van der Waals surface area contributed by atoms with Gasteiger partial charge in [-0.05, 0) is 37.5 Å². The first kappa shape index (κ1) is 13.3. The highest BCUT2D eigenvalue weighted by atomic mass is 35.5. The molecule has 0 saturated carbocycles. The van der Waals surface area contributed by atoms with Crippen LogP contribution in [0.25, 0.3) is 0 Å².